The van der Waals surface area contributed by atoms with Crippen LogP contribution in [0.5, 0.6) is 5.75 Å². The fraction of sp³-hybridized carbons (Fsp3) is 0.107. The first kappa shape index (κ1) is 27.3. The van der Waals surface area contributed by atoms with Crippen LogP contribution in [0, 0.1) is 6.92 Å². The zero-order chi connectivity index (χ0) is 28.0. The normalized spacial score (nSPS) is 11.4. The Hall–Kier alpha value is -4.74. The molecule has 3 N–H and O–H groups in total. The number of rotatable bonds is 9. The Morgan fingerprint density at radius 3 is 2.49 bits per heavy atom. The van der Waals surface area contributed by atoms with Crippen LogP contribution in [0.25, 0.3) is 11.1 Å². The van der Waals surface area contributed by atoms with Crippen LogP contribution in [-0.2, 0) is 16.6 Å². The SMILES string of the molecule is COc1ccc(S(=O)(=O)N(Cc2cccnc2)c2c(C)cc(-c3ccccc3/C=N\O)cc2C(=O)NO)cc1. The first-order valence-electron chi connectivity index (χ1n) is 11.7. The number of nitrogens with zero attached hydrogens (tertiary/aromatic N) is 3. The Bertz CT molecular complexity index is 1610. The summed E-state index contributed by atoms with van der Waals surface area (Å²) in [6.45, 7) is 1.54. The van der Waals surface area contributed by atoms with Gasteiger partial charge in [-0.1, -0.05) is 35.5 Å². The smallest absolute Gasteiger partial charge is 0.276 e. The molecule has 1 heterocycles. The highest BCUT2D eigenvalue weighted by atomic mass is 32.2. The molecule has 4 aromatic rings. The lowest BCUT2D eigenvalue weighted by Gasteiger charge is -2.28. The van der Waals surface area contributed by atoms with Crippen molar-refractivity contribution < 1.29 is 28.4 Å². The second kappa shape index (κ2) is 11.8. The van der Waals surface area contributed by atoms with Gasteiger partial charge in [-0.05, 0) is 71.6 Å². The van der Waals surface area contributed by atoms with E-state index in [2.05, 4.69) is 10.1 Å². The molecule has 0 atom stereocenters. The molecule has 39 heavy (non-hydrogen) atoms. The lowest BCUT2D eigenvalue weighted by molar-refractivity contribution is 0.0707. The van der Waals surface area contributed by atoms with E-state index in [9.17, 15) is 18.4 Å². The summed E-state index contributed by atoms with van der Waals surface area (Å²) in [6.07, 6.45) is 4.37. The number of anilines is 1. The third-order valence-electron chi connectivity index (χ3n) is 6.06. The van der Waals surface area contributed by atoms with E-state index in [1.807, 2.05) is 0 Å². The van der Waals surface area contributed by atoms with E-state index < -0.39 is 15.9 Å². The summed E-state index contributed by atoms with van der Waals surface area (Å²) in [5.74, 6) is -0.414. The summed E-state index contributed by atoms with van der Waals surface area (Å²) in [4.78, 5) is 17.1. The van der Waals surface area contributed by atoms with Crippen LogP contribution < -0.4 is 14.5 Å². The minimum atomic E-state index is -4.22. The minimum Gasteiger partial charge on any atom is -0.497 e. The summed E-state index contributed by atoms with van der Waals surface area (Å²) in [5.41, 5.74) is 4.42. The molecule has 10 nitrogen and oxygen atoms in total. The zero-order valence-electron chi connectivity index (χ0n) is 21.1. The zero-order valence-corrected chi connectivity index (χ0v) is 22.0. The van der Waals surface area contributed by atoms with Gasteiger partial charge in [0.2, 0.25) is 0 Å². The maximum atomic E-state index is 14.1. The number of nitrogens with one attached hydrogen (secondary N) is 1. The monoisotopic (exact) mass is 546 g/mol. The molecule has 0 fully saturated rings. The first-order valence-corrected chi connectivity index (χ1v) is 13.2. The maximum Gasteiger partial charge on any atom is 0.276 e. The molecule has 0 unspecified atom stereocenters. The van der Waals surface area contributed by atoms with Crippen LogP contribution in [0.3, 0.4) is 0 Å². The number of ether oxygens (including phenoxy) is 1. The standard InChI is InChI=1S/C28H26N4O6S/c1-19-14-22(25-8-4-3-7-21(25)17-30-34)15-26(28(33)31-35)27(19)32(18-20-6-5-13-29-16-20)39(36,37)24-11-9-23(38-2)10-12-24/h3-17,34-35H,18H2,1-2H3,(H,31,33)/b30-17-. The van der Waals surface area contributed by atoms with Gasteiger partial charge >= 0.3 is 0 Å². The van der Waals surface area contributed by atoms with E-state index in [-0.39, 0.29) is 22.7 Å². The summed E-state index contributed by atoms with van der Waals surface area (Å²) in [7, 11) is -2.74. The van der Waals surface area contributed by atoms with E-state index in [0.717, 1.165) is 4.31 Å². The summed E-state index contributed by atoms with van der Waals surface area (Å²) < 4.78 is 34.4. The quantitative estimate of drug-likeness (QED) is 0.122. The summed E-state index contributed by atoms with van der Waals surface area (Å²) in [6, 6.07) is 19.6. The maximum absolute atomic E-state index is 14.1. The average molecular weight is 547 g/mol. The number of methoxy groups -OCH3 is 1. The lowest BCUT2D eigenvalue weighted by atomic mass is 9.95. The Balaban J connectivity index is 1.97. The van der Waals surface area contributed by atoms with Crippen molar-refractivity contribution in [3.05, 3.63) is 107 Å². The molecular weight excluding hydrogens is 520 g/mol. The second-order valence-corrected chi connectivity index (χ2v) is 10.4. The number of oxime groups is 1. The largest absolute Gasteiger partial charge is 0.497 e. The van der Waals surface area contributed by atoms with Crippen LogP contribution in [0.2, 0.25) is 0 Å². The van der Waals surface area contributed by atoms with Gasteiger partial charge in [0.15, 0.2) is 0 Å². The molecule has 0 bridgehead atoms. The molecule has 0 radical (unpaired) electrons. The van der Waals surface area contributed by atoms with Crippen LogP contribution in [0.1, 0.15) is 27.0 Å². The number of pyridine rings is 1. The van der Waals surface area contributed by atoms with Gasteiger partial charge in [-0.15, -0.1) is 0 Å². The van der Waals surface area contributed by atoms with Crippen LogP contribution >= 0.6 is 0 Å². The van der Waals surface area contributed by atoms with Gasteiger partial charge in [0.1, 0.15) is 5.75 Å². The van der Waals surface area contributed by atoms with Crippen LogP contribution in [-0.4, -0.2) is 43.0 Å². The molecule has 0 spiro atoms. The number of aromatic nitrogens is 1. The number of hydrogen-bond donors (Lipinski definition) is 3. The van der Waals surface area contributed by atoms with Crippen molar-refractivity contribution in [2.24, 2.45) is 5.16 Å². The number of aryl methyl sites for hydroxylation is 1. The van der Waals surface area contributed by atoms with E-state index >= 15 is 0 Å². The predicted molar refractivity (Wildman–Crippen MR) is 146 cm³/mol. The third-order valence-corrected chi connectivity index (χ3v) is 7.82. The van der Waals surface area contributed by atoms with Crippen molar-refractivity contribution in [2.75, 3.05) is 11.4 Å². The lowest BCUT2D eigenvalue weighted by Crippen LogP contribution is -2.34. The minimum absolute atomic E-state index is 0.0180. The van der Waals surface area contributed by atoms with Crippen molar-refractivity contribution in [1.29, 1.82) is 0 Å². The van der Waals surface area contributed by atoms with E-state index in [4.69, 9.17) is 9.94 Å². The average Bonchev–Trinajstić information content (AvgIpc) is 2.96. The van der Waals surface area contributed by atoms with Gasteiger partial charge in [0, 0.05) is 18.0 Å². The number of amides is 1. The van der Waals surface area contributed by atoms with Crippen LogP contribution in [0.4, 0.5) is 5.69 Å². The molecule has 200 valence electrons. The molecule has 0 aliphatic rings. The number of hydroxylamine groups is 1. The van der Waals surface area contributed by atoms with Crippen molar-refractivity contribution in [1.82, 2.24) is 10.5 Å². The highest BCUT2D eigenvalue weighted by Gasteiger charge is 2.31. The molecule has 1 aromatic heterocycles. The van der Waals surface area contributed by atoms with Gasteiger partial charge in [-0.3, -0.25) is 19.3 Å². The van der Waals surface area contributed by atoms with Crippen molar-refractivity contribution in [3.8, 4) is 16.9 Å². The number of sulfonamides is 1. The predicted octanol–water partition coefficient (Wildman–Crippen LogP) is 4.39. The Morgan fingerprint density at radius 2 is 1.85 bits per heavy atom. The fourth-order valence-corrected chi connectivity index (χ4v) is 5.79. The van der Waals surface area contributed by atoms with Crippen molar-refractivity contribution >= 4 is 27.8 Å². The van der Waals surface area contributed by atoms with E-state index in [1.165, 1.54) is 49.9 Å². The number of carbonyl (C=O) groups is 1. The molecule has 0 aliphatic heterocycles. The van der Waals surface area contributed by atoms with Gasteiger partial charge in [-0.2, -0.15) is 0 Å². The highest BCUT2D eigenvalue weighted by molar-refractivity contribution is 7.92. The molecular formula is C28H26N4O6S. The van der Waals surface area contributed by atoms with E-state index in [0.29, 0.717) is 33.6 Å². The first-order chi connectivity index (χ1) is 18.8. The van der Waals surface area contributed by atoms with Gasteiger partial charge in [0.05, 0.1) is 36.0 Å². The summed E-state index contributed by atoms with van der Waals surface area (Å²) >= 11 is 0. The molecule has 1 amide bonds. The molecule has 0 saturated heterocycles. The molecule has 0 saturated carbocycles. The van der Waals surface area contributed by atoms with E-state index in [1.54, 1.807) is 61.1 Å². The highest BCUT2D eigenvalue weighted by Crippen LogP contribution is 2.36. The van der Waals surface area contributed by atoms with Gasteiger partial charge < -0.3 is 9.94 Å². The molecule has 4 rings (SSSR count). The fourth-order valence-electron chi connectivity index (χ4n) is 4.25. The van der Waals surface area contributed by atoms with Crippen molar-refractivity contribution in [3.63, 3.8) is 0 Å². The number of carbonyl (C=O) groups excluding carboxylic acids is 1. The number of hydrogen-bond acceptors (Lipinski definition) is 8. The van der Waals surface area contributed by atoms with Crippen molar-refractivity contribution in [2.45, 2.75) is 18.4 Å². The molecule has 3 aromatic carbocycles. The Morgan fingerprint density at radius 1 is 1.10 bits per heavy atom. The third kappa shape index (κ3) is 5.74. The molecule has 11 heteroatoms. The van der Waals surface area contributed by atoms with Gasteiger partial charge in [-0.25, -0.2) is 13.9 Å². The van der Waals surface area contributed by atoms with Gasteiger partial charge in [0.25, 0.3) is 15.9 Å². The summed E-state index contributed by atoms with van der Waals surface area (Å²) in [5, 5.41) is 21.8. The second-order valence-electron chi connectivity index (χ2n) is 8.51. The Kier molecular flexibility index (Phi) is 8.23. The van der Waals surface area contributed by atoms with Crippen LogP contribution in [0.15, 0.2) is 95.2 Å². The topological polar surface area (TPSA) is 141 Å². The Labute approximate surface area is 225 Å². The number of benzene rings is 3. The molecule has 0 aliphatic carbocycles.